The van der Waals surface area contributed by atoms with E-state index in [1.807, 2.05) is 6.92 Å². The lowest BCUT2D eigenvalue weighted by Gasteiger charge is -2.11. The number of rotatable bonds is 5. The number of nitrogens with one attached hydrogen (secondary N) is 2. The monoisotopic (exact) mass is 430 g/mol. The van der Waals surface area contributed by atoms with Crippen LogP contribution in [0.15, 0.2) is 34.6 Å². The number of thiazole rings is 1. The van der Waals surface area contributed by atoms with E-state index in [0.29, 0.717) is 0 Å². The van der Waals surface area contributed by atoms with Gasteiger partial charge in [0.2, 0.25) is 0 Å². The molecule has 120 valence electrons. The molecule has 0 radical (unpaired) electrons. The lowest BCUT2D eigenvalue weighted by atomic mass is 10.1. The van der Waals surface area contributed by atoms with Gasteiger partial charge in [-0.25, -0.2) is 4.98 Å². The van der Waals surface area contributed by atoms with Crippen molar-refractivity contribution in [2.75, 3.05) is 13.6 Å². The van der Waals surface area contributed by atoms with Crippen LogP contribution in [0.2, 0.25) is 0 Å². The third kappa shape index (κ3) is 6.31. The van der Waals surface area contributed by atoms with E-state index in [0.717, 1.165) is 36.2 Å². The van der Waals surface area contributed by atoms with Gasteiger partial charge in [-0.05, 0) is 19.4 Å². The molecule has 2 aromatic rings. The molecular weight excluding hydrogens is 407 g/mol. The zero-order valence-electron chi connectivity index (χ0n) is 13.2. The molecule has 0 aliphatic rings. The maximum atomic E-state index is 4.45. The Hall–Kier alpha value is -1.15. The summed E-state index contributed by atoms with van der Waals surface area (Å²) in [4.78, 5) is 8.69. The first-order valence-corrected chi connectivity index (χ1v) is 7.96. The number of guanidine groups is 1. The fourth-order valence-corrected chi connectivity index (χ4v) is 2.59. The van der Waals surface area contributed by atoms with Crippen LogP contribution in [0.4, 0.5) is 0 Å². The van der Waals surface area contributed by atoms with Crippen LogP contribution in [0, 0.1) is 13.8 Å². The van der Waals surface area contributed by atoms with Crippen LogP contribution < -0.4 is 10.6 Å². The Bertz CT molecular complexity index is 592. The van der Waals surface area contributed by atoms with Crippen molar-refractivity contribution in [3.63, 3.8) is 0 Å². The highest BCUT2D eigenvalue weighted by Crippen LogP contribution is 2.07. The zero-order chi connectivity index (χ0) is 15.1. The second-order valence-corrected chi connectivity index (χ2v) is 6.01. The van der Waals surface area contributed by atoms with Crippen LogP contribution >= 0.6 is 35.3 Å². The molecule has 22 heavy (non-hydrogen) atoms. The van der Waals surface area contributed by atoms with Crippen LogP contribution in [0.3, 0.4) is 0 Å². The molecule has 0 spiro atoms. The van der Waals surface area contributed by atoms with E-state index in [4.69, 9.17) is 0 Å². The van der Waals surface area contributed by atoms with Crippen molar-refractivity contribution >= 4 is 41.3 Å². The smallest absolute Gasteiger partial charge is 0.191 e. The summed E-state index contributed by atoms with van der Waals surface area (Å²) in [6.07, 6.45) is 0.912. The van der Waals surface area contributed by atoms with Crippen molar-refractivity contribution < 1.29 is 0 Å². The van der Waals surface area contributed by atoms with Crippen LogP contribution in [-0.2, 0) is 13.0 Å². The maximum absolute atomic E-state index is 4.45. The Morgan fingerprint density at radius 3 is 2.50 bits per heavy atom. The average molecular weight is 430 g/mol. The van der Waals surface area contributed by atoms with Crippen molar-refractivity contribution in [2.45, 2.75) is 26.8 Å². The van der Waals surface area contributed by atoms with Gasteiger partial charge < -0.3 is 10.6 Å². The molecule has 0 aliphatic carbocycles. The lowest BCUT2D eigenvalue weighted by Crippen LogP contribution is -2.37. The topological polar surface area (TPSA) is 49.3 Å². The predicted octanol–water partition coefficient (Wildman–Crippen LogP) is 3.29. The number of hydrogen-bond acceptors (Lipinski definition) is 3. The second kappa shape index (κ2) is 9.78. The molecule has 0 saturated heterocycles. The number of hydrogen-bond donors (Lipinski definition) is 2. The van der Waals surface area contributed by atoms with Crippen molar-refractivity contribution in [3.05, 3.63) is 51.5 Å². The van der Waals surface area contributed by atoms with Crippen LogP contribution in [0.5, 0.6) is 0 Å². The van der Waals surface area contributed by atoms with Gasteiger partial charge in [-0.1, -0.05) is 29.8 Å². The Morgan fingerprint density at radius 1 is 1.18 bits per heavy atom. The van der Waals surface area contributed by atoms with E-state index in [1.165, 1.54) is 11.1 Å². The van der Waals surface area contributed by atoms with Gasteiger partial charge in [0.1, 0.15) is 0 Å². The predicted molar refractivity (Wildman–Crippen MR) is 105 cm³/mol. The molecule has 1 aromatic heterocycles. The molecule has 0 fully saturated rings. The first kappa shape index (κ1) is 18.9. The number of aliphatic imine (C=N–C) groups is 1. The van der Waals surface area contributed by atoms with Gasteiger partial charge in [0, 0.05) is 31.9 Å². The van der Waals surface area contributed by atoms with Crippen molar-refractivity contribution in [1.82, 2.24) is 15.6 Å². The molecule has 0 atom stereocenters. The van der Waals surface area contributed by atoms with E-state index in [-0.39, 0.29) is 24.0 Å². The summed E-state index contributed by atoms with van der Waals surface area (Å²) in [7, 11) is 1.79. The van der Waals surface area contributed by atoms with Crippen LogP contribution in [0.1, 0.15) is 21.8 Å². The maximum Gasteiger partial charge on any atom is 0.191 e. The molecule has 1 aromatic carbocycles. The van der Waals surface area contributed by atoms with Gasteiger partial charge in [-0.3, -0.25) is 4.99 Å². The van der Waals surface area contributed by atoms with Crippen LogP contribution in [-0.4, -0.2) is 24.5 Å². The second-order valence-electron chi connectivity index (χ2n) is 4.95. The summed E-state index contributed by atoms with van der Waals surface area (Å²) in [5.41, 5.74) is 3.66. The highest BCUT2D eigenvalue weighted by atomic mass is 127. The minimum absolute atomic E-state index is 0. The van der Waals surface area contributed by atoms with Gasteiger partial charge in [-0.15, -0.1) is 35.3 Å². The quantitative estimate of drug-likeness (QED) is 0.435. The van der Waals surface area contributed by atoms with Gasteiger partial charge in [0.15, 0.2) is 5.96 Å². The number of benzene rings is 1. The van der Waals surface area contributed by atoms with E-state index >= 15 is 0 Å². The van der Waals surface area contributed by atoms with E-state index in [1.54, 1.807) is 18.4 Å². The fraction of sp³-hybridized carbons (Fsp3) is 0.375. The Kier molecular flexibility index (Phi) is 8.40. The molecule has 0 unspecified atom stereocenters. The van der Waals surface area contributed by atoms with Crippen molar-refractivity contribution in [3.8, 4) is 0 Å². The zero-order valence-corrected chi connectivity index (χ0v) is 16.4. The first-order valence-electron chi connectivity index (χ1n) is 7.08. The summed E-state index contributed by atoms with van der Waals surface area (Å²) in [5.74, 6) is 0.822. The third-order valence-corrected chi connectivity index (χ3v) is 3.97. The Morgan fingerprint density at radius 2 is 1.91 bits per heavy atom. The molecule has 0 aliphatic heterocycles. The molecule has 6 heteroatoms. The molecule has 2 rings (SSSR count). The Labute approximate surface area is 153 Å². The molecule has 1 heterocycles. The number of aryl methyl sites for hydroxylation is 2. The summed E-state index contributed by atoms with van der Waals surface area (Å²) in [6, 6.07) is 8.51. The van der Waals surface area contributed by atoms with Crippen molar-refractivity contribution in [2.24, 2.45) is 4.99 Å². The normalized spacial score (nSPS) is 11.0. The third-order valence-electron chi connectivity index (χ3n) is 3.14. The molecular formula is C16H23IN4S. The Balaban J connectivity index is 0.00000242. The van der Waals surface area contributed by atoms with Gasteiger partial charge in [0.05, 0.1) is 10.7 Å². The highest BCUT2D eigenvalue weighted by Gasteiger charge is 2.01. The minimum Gasteiger partial charge on any atom is -0.356 e. The standard InChI is InChI=1S/C16H22N4S.HI/c1-12-4-6-14(7-5-12)10-19-16(17-3)18-9-8-15-11-21-13(2)20-15;/h4-7,11H,8-10H2,1-3H3,(H2,17,18,19);1H. The number of aromatic nitrogens is 1. The fourth-order valence-electron chi connectivity index (χ4n) is 1.94. The average Bonchev–Trinajstić information content (AvgIpc) is 2.90. The molecule has 2 N–H and O–H groups in total. The highest BCUT2D eigenvalue weighted by molar-refractivity contribution is 14.0. The van der Waals surface area contributed by atoms with E-state index in [9.17, 15) is 0 Å². The summed E-state index contributed by atoms with van der Waals surface area (Å²) < 4.78 is 0. The van der Waals surface area contributed by atoms with Gasteiger partial charge in [-0.2, -0.15) is 0 Å². The minimum atomic E-state index is 0. The SMILES string of the molecule is CN=C(NCCc1csc(C)n1)NCc1ccc(C)cc1.I. The summed E-state index contributed by atoms with van der Waals surface area (Å²) in [6.45, 7) is 5.73. The summed E-state index contributed by atoms with van der Waals surface area (Å²) in [5, 5.41) is 9.86. The lowest BCUT2D eigenvalue weighted by molar-refractivity contribution is 0.786. The molecule has 4 nitrogen and oxygen atoms in total. The first-order chi connectivity index (χ1) is 10.2. The van der Waals surface area contributed by atoms with Crippen molar-refractivity contribution in [1.29, 1.82) is 0 Å². The molecule has 0 saturated carbocycles. The van der Waals surface area contributed by atoms with E-state index < -0.39 is 0 Å². The largest absolute Gasteiger partial charge is 0.356 e. The van der Waals surface area contributed by atoms with E-state index in [2.05, 4.69) is 57.2 Å². The van der Waals surface area contributed by atoms with Gasteiger partial charge in [0.25, 0.3) is 0 Å². The van der Waals surface area contributed by atoms with Crippen LogP contribution in [0.25, 0.3) is 0 Å². The molecule has 0 amide bonds. The number of halogens is 1. The number of nitrogens with zero attached hydrogens (tertiary/aromatic N) is 2. The molecule has 0 bridgehead atoms. The summed E-state index contributed by atoms with van der Waals surface area (Å²) >= 11 is 1.69. The van der Waals surface area contributed by atoms with Gasteiger partial charge >= 0.3 is 0 Å².